The van der Waals surface area contributed by atoms with Crippen LogP contribution in [0.5, 0.6) is 0 Å². The highest BCUT2D eigenvalue weighted by atomic mass is 15.1. The summed E-state index contributed by atoms with van der Waals surface area (Å²) in [5.74, 6) is 0.671. The molecule has 0 fully saturated rings. The summed E-state index contributed by atoms with van der Waals surface area (Å²) in [6, 6.07) is 6.34. The molecule has 0 saturated carbocycles. The van der Waals surface area contributed by atoms with E-state index in [1.807, 2.05) is 13.0 Å². The van der Waals surface area contributed by atoms with Gasteiger partial charge < -0.3 is 10.3 Å². The molecule has 3 rings (SSSR count). The fraction of sp³-hybridized carbons (Fsp3) is 0.294. The van der Waals surface area contributed by atoms with Crippen molar-refractivity contribution in [2.24, 2.45) is 0 Å². The Morgan fingerprint density at radius 1 is 1.14 bits per heavy atom. The summed E-state index contributed by atoms with van der Waals surface area (Å²) < 4.78 is 0. The molecule has 0 saturated heterocycles. The summed E-state index contributed by atoms with van der Waals surface area (Å²) in [6.07, 6.45) is 1.78. The molecular weight excluding hydrogens is 260 g/mol. The molecule has 0 amide bonds. The quantitative estimate of drug-likeness (QED) is 0.767. The van der Waals surface area contributed by atoms with Gasteiger partial charge in [-0.25, -0.2) is 9.97 Å². The SMILES string of the molecule is Cc1cc(CNc2nccc(C)n2)c2[nH]c(C)c(C)c2c1. The third-order valence-corrected chi connectivity index (χ3v) is 3.88. The van der Waals surface area contributed by atoms with Crippen molar-refractivity contribution in [1.82, 2.24) is 15.0 Å². The largest absolute Gasteiger partial charge is 0.358 e. The van der Waals surface area contributed by atoms with Crippen LogP contribution in [-0.2, 0) is 6.54 Å². The van der Waals surface area contributed by atoms with Crippen molar-refractivity contribution >= 4 is 16.9 Å². The molecule has 0 aliphatic heterocycles. The first-order valence-corrected chi connectivity index (χ1v) is 7.16. The minimum atomic E-state index is 0.671. The van der Waals surface area contributed by atoms with Crippen molar-refractivity contribution < 1.29 is 0 Å². The smallest absolute Gasteiger partial charge is 0.223 e. The second-order valence-electron chi connectivity index (χ2n) is 5.60. The number of rotatable bonds is 3. The normalized spacial score (nSPS) is 11.0. The predicted octanol–water partition coefficient (Wildman–Crippen LogP) is 3.80. The van der Waals surface area contributed by atoms with Crippen molar-refractivity contribution in [2.75, 3.05) is 5.32 Å². The second-order valence-corrected chi connectivity index (χ2v) is 5.60. The number of hydrogen-bond acceptors (Lipinski definition) is 3. The Kier molecular flexibility index (Phi) is 3.37. The number of nitrogens with zero attached hydrogens (tertiary/aromatic N) is 2. The zero-order valence-corrected chi connectivity index (χ0v) is 12.9. The highest BCUT2D eigenvalue weighted by molar-refractivity contribution is 5.88. The van der Waals surface area contributed by atoms with Gasteiger partial charge in [-0.15, -0.1) is 0 Å². The Bertz CT molecular complexity index is 802. The fourth-order valence-corrected chi connectivity index (χ4v) is 2.64. The van der Waals surface area contributed by atoms with Crippen LogP contribution in [-0.4, -0.2) is 15.0 Å². The van der Waals surface area contributed by atoms with Gasteiger partial charge >= 0.3 is 0 Å². The molecule has 4 heteroatoms. The zero-order valence-electron chi connectivity index (χ0n) is 12.9. The molecule has 2 heterocycles. The number of benzene rings is 1. The van der Waals surface area contributed by atoms with Gasteiger partial charge in [0.05, 0.1) is 5.52 Å². The van der Waals surface area contributed by atoms with E-state index in [2.05, 4.69) is 53.2 Å². The van der Waals surface area contributed by atoms with Gasteiger partial charge in [-0.2, -0.15) is 0 Å². The molecular formula is C17H20N4. The lowest BCUT2D eigenvalue weighted by atomic mass is 10.0. The summed E-state index contributed by atoms with van der Waals surface area (Å²) in [4.78, 5) is 12.1. The van der Waals surface area contributed by atoms with E-state index < -0.39 is 0 Å². The van der Waals surface area contributed by atoms with Crippen LogP contribution in [0.4, 0.5) is 5.95 Å². The van der Waals surface area contributed by atoms with Crippen molar-refractivity contribution in [3.05, 3.63) is 52.5 Å². The fourth-order valence-electron chi connectivity index (χ4n) is 2.64. The Hall–Kier alpha value is -2.36. The van der Waals surface area contributed by atoms with Gasteiger partial charge in [0, 0.05) is 29.5 Å². The number of aromatic amines is 1. The van der Waals surface area contributed by atoms with Gasteiger partial charge in [0.25, 0.3) is 0 Å². The molecule has 0 spiro atoms. The third-order valence-electron chi connectivity index (χ3n) is 3.88. The highest BCUT2D eigenvalue weighted by Gasteiger charge is 2.09. The first kappa shape index (κ1) is 13.6. The van der Waals surface area contributed by atoms with Gasteiger partial charge in [0.1, 0.15) is 0 Å². The number of nitrogens with one attached hydrogen (secondary N) is 2. The topological polar surface area (TPSA) is 53.6 Å². The van der Waals surface area contributed by atoms with Crippen LogP contribution < -0.4 is 5.32 Å². The van der Waals surface area contributed by atoms with E-state index in [9.17, 15) is 0 Å². The van der Waals surface area contributed by atoms with Crippen molar-refractivity contribution in [2.45, 2.75) is 34.2 Å². The molecule has 2 N–H and O–H groups in total. The first-order valence-electron chi connectivity index (χ1n) is 7.16. The Labute approximate surface area is 124 Å². The van der Waals surface area contributed by atoms with Crippen LogP contribution >= 0.6 is 0 Å². The second kappa shape index (κ2) is 5.20. The van der Waals surface area contributed by atoms with E-state index in [0.29, 0.717) is 12.5 Å². The standard InChI is InChI=1S/C17H20N4/c1-10-7-14(9-19-17-18-6-5-11(2)20-17)16-15(8-10)12(3)13(4)21-16/h5-8,21H,9H2,1-4H3,(H,18,19,20). The molecule has 0 unspecified atom stereocenters. The maximum atomic E-state index is 4.38. The van der Waals surface area contributed by atoms with E-state index >= 15 is 0 Å². The lowest BCUT2D eigenvalue weighted by molar-refractivity contribution is 1.03. The molecule has 21 heavy (non-hydrogen) atoms. The van der Waals surface area contributed by atoms with Crippen LogP contribution in [0, 0.1) is 27.7 Å². The van der Waals surface area contributed by atoms with Gasteiger partial charge in [0.15, 0.2) is 0 Å². The van der Waals surface area contributed by atoms with Crippen LogP contribution in [0.2, 0.25) is 0 Å². The number of aryl methyl sites for hydroxylation is 4. The minimum absolute atomic E-state index is 0.671. The molecule has 108 valence electrons. The molecule has 1 aromatic carbocycles. The highest BCUT2D eigenvalue weighted by Crippen LogP contribution is 2.26. The Balaban J connectivity index is 1.95. The molecule has 0 bridgehead atoms. The van der Waals surface area contributed by atoms with E-state index in [1.165, 1.54) is 33.3 Å². The maximum Gasteiger partial charge on any atom is 0.223 e. The monoisotopic (exact) mass is 280 g/mol. The predicted molar refractivity (Wildman–Crippen MR) is 86.6 cm³/mol. The van der Waals surface area contributed by atoms with Crippen LogP contribution in [0.1, 0.15) is 28.1 Å². The van der Waals surface area contributed by atoms with E-state index in [-0.39, 0.29) is 0 Å². The summed E-state index contributed by atoms with van der Waals surface area (Å²) in [5.41, 5.74) is 7.23. The first-order chi connectivity index (χ1) is 10.0. The van der Waals surface area contributed by atoms with Crippen LogP contribution in [0.3, 0.4) is 0 Å². The summed E-state index contributed by atoms with van der Waals surface area (Å²) in [5, 5.41) is 4.61. The van der Waals surface area contributed by atoms with E-state index in [0.717, 1.165) is 5.69 Å². The lowest BCUT2D eigenvalue weighted by Crippen LogP contribution is -2.04. The average Bonchev–Trinajstić information content (AvgIpc) is 2.73. The number of hydrogen-bond donors (Lipinski definition) is 2. The molecule has 0 radical (unpaired) electrons. The van der Waals surface area contributed by atoms with E-state index in [4.69, 9.17) is 0 Å². The molecule has 0 aliphatic rings. The summed E-state index contributed by atoms with van der Waals surface area (Å²) >= 11 is 0. The Morgan fingerprint density at radius 3 is 2.71 bits per heavy atom. The van der Waals surface area contributed by atoms with E-state index in [1.54, 1.807) is 6.20 Å². The van der Waals surface area contributed by atoms with Crippen LogP contribution in [0.15, 0.2) is 24.4 Å². The van der Waals surface area contributed by atoms with Gasteiger partial charge in [0.2, 0.25) is 5.95 Å². The summed E-state index contributed by atoms with van der Waals surface area (Å²) in [7, 11) is 0. The van der Waals surface area contributed by atoms with Crippen molar-refractivity contribution in [3.63, 3.8) is 0 Å². The van der Waals surface area contributed by atoms with Crippen molar-refractivity contribution in [1.29, 1.82) is 0 Å². The molecule has 4 nitrogen and oxygen atoms in total. The number of H-pyrrole nitrogens is 1. The van der Waals surface area contributed by atoms with Gasteiger partial charge in [-0.3, -0.25) is 0 Å². The average molecular weight is 280 g/mol. The Morgan fingerprint density at radius 2 is 1.95 bits per heavy atom. The lowest BCUT2D eigenvalue weighted by Gasteiger charge is -2.08. The third kappa shape index (κ3) is 2.61. The number of aromatic nitrogens is 3. The number of fused-ring (bicyclic) bond motifs is 1. The molecule has 0 aliphatic carbocycles. The van der Waals surface area contributed by atoms with Gasteiger partial charge in [-0.05, 0) is 51.0 Å². The number of anilines is 1. The molecule has 0 atom stereocenters. The maximum absolute atomic E-state index is 4.38. The zero-order chi connectivity index (χ0) is 15.0. The minimum Gasteiger partial charge on any atom is -0.358 e. The molecule has 3 aromatic rings. The molecule has 2 aromatic heterocycles. The van der Waals surface area contributed by atoms with Crippen LogP contribution in [0.25, 0.3) is 10.9 Å². The van der Waals surface area contributed by atoms with Crippen molar-refractivity contribution in [3.8, 4) is 0 Å². The van der Waals surface area contributed by atoms with Gasteiger partial charge in [-0.1, -0.05) is 11.6 Å². The summed E-state index contributed by atoms with van der Waals surface area (Å²) in [6.45, 7) is 9.09.